The number of esters is 1. The maximum absolute atomic E-state index is 12.8. The molecule has 0 aromatic rings. The number of quaternary nitrogens is 1. The second-order valence-corrected chi connectivity index (χ2v) is 13.9. The fourth-order valence-electron chi connectivity index (χ4n) is 5.00. The molecule has 41 heavy (non-hydrogen) atoms. The molecule has 0 bridgehead atoms. The molecule has 0 aromatic carbocycles. The Morgan fingerprint density at radius 1 is 0.805 bits per heavy atom. The molecule has 0 aliphatic heterocycles. The molecule has 0 rings (SSSR count). The minimum absolute atomic E-state index is 0.0551. The zero-order valence-electron chi connectivity index (χ0n) is 26.6. The third-order valence-electron chi connectivity index (χ3n) is 7.54. The number of aliphatic hydroxyl groups excluding tert-OH is 2. The molecule has 0 aromatic heterocycles. The van der Waals surface area contributed by atoms with Gasteiger partial charge < -0.3 is 34.0 Å². The lowest BCUT2D eigenvalue weighted by Crippen LogP contribution is -2.50. The van der Waals surface area contributed by atoms with Gasteiger partial charge in [-0.2, -0.15) is 0 Å². The van der Waals surface area contributed by atoms with Gasteiger partial charge >= 0.3 is 13.6 Å². The molecule has 0 aliphatic carbocycles. The van der Waals surface area contributed by atoms with Gasteiger partial charge in [0.05, 0.1) is 27.2 Å². The van der Waals surface area contributed by atoms with Crippen molar-refractivity contribution in [1.29, 1.82) is 0 Å². The smallest absolute Gasteiger partial charge is 0.385 e. The van der Waals surface area contributed by atoms with Gasteiger partial charge in [0.1, 0.15) is 12.7 Å². The van der Waals surface area contributed by atoms with Gasteiger partial charge in [0.25, 0.3) is 0 Å². The number of unbranched alkanes of at least 4 members (excludes halogenated alkanes) is 13. The predicted octanol–water partition coefficient (Wildman–Crippen LogP) is 6.42. The van der Waals surface area contributed by atoms with Crippen LogP contribution in [0.25, 0.3) is 0 Å². The van der Waals surface area contributed by atoms with Gasteiger partial charge in [-0.3, -0.25) is 9.36 Å². The van der Waals surface area contributed by atoms with E-state index >= 15 is 0 Å². The molecule has 0 heterocycles. The van der Waals surface area contributed by atoms with Gasteiger partial charge in [-0.1, -0.05) is 90.2 Å². The van der Waals surface area contributed by atoms with E-state index in [0.29, 0.717) is 6.42 Å². The van der Waals surface area contributed by atoms with E-state index in [9.17, 15) is 19.4 Å². The van der Waals surface area contributed by atoms with Crippen molar-refractivity contribution in [3.8, 4) is 0 Å². The first kappa shape index (κ1) is 40.2. The van der Waals surface area contributed by atoms with Crippen LogP contribution < -0.4 is 0 Å². The largest absolute Gasteiger partial charge is 0.463 e. The Kier molecular flexibility index (Phi) is 24.1. The van der Waals surface area contributed by atoms with Crippen LogP contribution in [0.15, 0.2) is 12.2 Å². The number of carbonyl (C=O) groups excluding carboxylic acids is 1. The summed E-state index contributed by atoms with van der Waals surface area (Å²) in [4.78, 5) is 22.5. The van der Waals surface area contributed by atoms with Gasteiger partial charge in [-0.25, -0.2) is 0 Å². The normalized spacial score (nSPS) is 15.3. The number of ether oxygens (including phenoxy) is 1. The number of rotatable bonds is 28. The highest BCUT2D eigenvalue weighted by molar-refractivity contribution is 7.53. The highest BCUT2D eigenvalue weighted by Crippen LogP contribution is 2.52. The molecule has 0 amide bonds. The number of nitrogens with zero attached hydrogens (tertiary/aromatic N) is 1. The maximum Gasteiger partial charge on any atom is 0.385 e. The maximum atomic E-state index is 12.8. The summed E-state index contributed by atoms with van der Waals surface area (Å²) in [5.74, 6) is -1.19. The zero-order valence-corrected chi connectivity index (χ0v) is 27.4. The SMILES string of the molecule is CCCCCCC/C=C\CCCCCCCCCCC(=O)OC[C@@H](O)COP(=O)(O)C(CC)[N+](C)(C)CCC(O)O. The molecule has 9 nitrogen and oxygen atoms in total. The van der Waals surface area contributed by atoms with Crippen LogP contribution in [0, 0.1) is 0 Å². The Balaban J connectivity index is 3.86. The third kappa shape index (κ3) is 22.4. The van der Waals surface area contributed by atoms with Crippen LogP contribution in [0.3, 0.4) is 0 Å². The Bertz CT molecular complexity index is 716. The summed E-state index contributed by atoms with van der Waals surface area (Å²) < 4.78 is 23.2. The highest BCUT2D eigenvalue weighted by atomic mass is 31.2. The summed E-state index contributed by atoms with van der Waals surface area (Å²) >= 11 is 0. The lowest BCUT2D eigenvalue weighted by molar-refractivity contribution is -0.903. The Hall–Kier alpha value is -0.800. The lowest BCUT2D eigenvalue weighted by atomic mass is 10.1. The standard InChI is InChI=1S/C31H62NO8P/c1-5-7-8-9-10-11-12-13-14-15-16-17-18-19-20-21-22-23-31(36)39-26-28(33)27-40-41(37,38)29(6-2)32(3,4)25-24-30(34)35/h12-13,28-30,33-35H,5-11,14-27H2,1-4H3/p+1/b13-12-/t28-,29?/m1/s1. The molecule has 0 spiro atoms. The van der Waals surface area contributed by atoms with Crippen LogP contribution in [0.4, 0.5) is 0 Å². The van der Waals surface area contributed by atoms with Crippen LogP contribution in [0.1, 0.15) is 129 Å². The summed E-state index contributed by atoms with van der Waals surface area (Å²) in [7, 11) is -0.687. The molecule has 0 aliphatic rings. The summed E-state index contributed by atoms with van der Waals surface area (Å²) in [5, 5.41) is 28.4. The van der Waals surface area contributed by atoms with Crippen LogP contribution in [0.5, 0.6) is 0 Å². The van der Waals surface area contributed by atoms with Crippen molar-refractivity contribution in [2.75, 3.05) is 33.9 Å². The van der Waals surface area contributed by atoms with Crippen LogP contribution in [-0.2, 0) is 18.6 Å². The van der Waals surface area contributed by atoms with E-state index in [4.69, 9.17) is 19.5 Å². The van der Waals surface area contributed by atoms with Gasteiger partial charge in [-0.05, 0) is 32.1 Å². The van der Waals surface area contributed by atoms with E-state index < -0.39 is 38.3 Å². The van der Waals surface area contributed by atoms with Crippen molar-refractivity contribution >= 4 is 13.6 Å². The first-order chi connectivity index (χ1) is 19.5. The fourth-order valence-corrected chi connectivity index (χ4v) is 6.92. The first-order valence-corrected chi connectivity index (χ1v) is 17.7. The van der Waals surface area contributed by atoms with E-state index in [1.807, 2.05) is 0 Å². The van der Waals surface area contributed by atoms with Gasteiger partial charge in [0.15, 0.2) is 12.1 Å². The summed E-state index contributed by atoms with van der Waals surface area (Å²) in [6, 6.07) is 0. The molecule has 4 N–H and O–H groups in total. The summed E-state index contributed by atoms with van der Waals surface area (Å²) in [6.07, 6.45) is 20.8. The van der Waals surface area contributed by atoms with Crippen molar-refractivity contribution in [3.05, 3.63) is 12.2 Å². The van der Waals surface area contributed by atoms with E-state index in [0.717, 1.165) is 19.3 Å². The Labute approximate surface area is 250 Å². The number of hydrogen-bond donors (Lipinski definition) is 4. The number of hydrogen-bond acceptors (Lipinski definition) is 7. The third-order valence-corrected chi connectivity index (χ3v) is 9.81. The average Bonchev–Trinajstić information content (AvgIpc) is 2.91. The van der Waals surface area contributed by atoms with Crippen LogP contribution >= 0.6 is 7.60 Å². The average molecular weight is 609 g/mol. The van der Waals surface area contributed by atoms with Crippen molar-refractivity contribution in [1.82, 2.24) is 0 Å². The van der Waals surface area contributed by atoms with Gasteiger partial charge in [-0.15, -0.1) is 0 Å². The predicted molar refractivity (Wildman–Crippen MR) is 165 cm³/mol. The van der Waals surface area contributed by atoms with Gasteiger partial charge in [0, 0.05) is 19.3 Å². The molecule has 10 heteroatoms. The van der Waals surface area contributed by atoms with Crippen molar-refractivity contribution in [2.45, 2.75) is 148 Å². The monoisotopic (exact) mass is 608 g/mol. The molecule has 244 valence electrons. The molecule has 0 radical (unpaired) electrons. The molecule has 3 atom stereocenters. The second-order valence-electron chi connectivity index (χ2n) is 11.9. The lowest BCUT2D eigenvalue weighted by Gasteiger charge is -2.39. The summed E-state index contributed by atoms with van der Waals surface area (Å²) in [6.45, 7) is 3.54. The number of carbonyl (C=O) groups is 1. The van der Waals surface area contributed by atoms with Crippen molar-refractivity contribution < 1.29 is 43.3 Å². The minimum Gasteiger partial charge on any atom is -0.463 e. The van der Waals surface area contributed by atoms with E-state index in [2.05, 4.69) is 19.1 Å². The van der Waals surface area contributed by atoms with Crippen LogP contribution in [0.2, 0.25) is 0 Å². The molecule has 2 unspecified atom stereocenters. The zero-order chi connectivity index (χ0) is 31.0. The molecular formula is C31H63NO8P+. The van der Waals surface area contributed by atoms with E-state index in [-0.39, 0.29) is 30.5 Å². The first-order valence-electron chi connectivity index (χ1n) is 16.1. The van der Waals surface area contributed by atoms with Gasteiger partial charge in [0.2, 0.25) is 0 Å². The van der Waals surface area contributed by atoms with E-state index in [1.54, 1.807) is 21.0 Å². The van der Waals surface area contributed by atoms with Crippen molar-refractivity contribution in [3.63, 3.8) is 0 Å². The molecular weight excluding hydrogens is 545 g/mol. The van der Waals surface area contributed by atoms with E-state index in [1.165, 1.54) is 77.0 Å². The second kappa shape index (κ2) is 24.6. The summed E-state index contributed by atoms with van der Waals surface area (Å²) in [5.41, 5.74) is 0. The minimum atomic E-state index is -4.13. The Morgan fingerprint density at radius 2 is 1.32 bits per heavy atom. The molecule has 0 fully saturated rings. The van der Waals surface area contributed by atoms with Crippen molar-refractivity contribution in [2.24, 2.45) is 0 Å². The quantitative estimate of drug-likeness (QED) is 0.0200. The highest BCUT2D eigenvalue weighted by Gasteiger charge is 2.43. The Morgan fingerprint density at radius 3 is 1.83 bits per heavy atom. The number of allylic oxidation sites excluding steroid dienone is 2. The number of aliphatic hydroxyl groups is 3. The molecule has 0 saturated heterocycles. The topological polar surface area (TPSA) is 134 Å². The van der Waals surface area contributed by atoms with Crippen LogP contribution in [-0.4, -0.2) is 82.7 Å². The molecule has 0 saturated carbocycles. The fraction of sp³-hybridized carbons (Fsp3) is 0.903.